The Balaban J connectivity index is 1.67. The molecule has 0 aromatic carbocycles. The molecule has 2 atom stereocenters. The van der Waals surface area contributed by atoms with E-state index in [1.165, 1.54) is 5.69 Å². The third-order valence-corrected chi connectivity index (χ3v) is 6.11. The third-order valence-electron chi connectivity index (χ3n) is 6.11. The summed E-state index contributed by atoms with van der Waals surface area (Å²) < 4.78 is 2.21. The molecule has 0 fully saturated rings. The van der Waals surface area contributed by atoms with Crippen LogP contribution in [0.15, 0.2) is 12.3 Å². The predicted octanol–water partition coefficient (Wildman–Crippen LogP) is 3.45. The van der Waals surface area contributed by atoms with Crippen molar-refractivity contribution in [3.8, 4) is 0 Å². The summed E-state index contributed by atoms with van der Waals surface area (Å²) in [5.41, 5.74) is 9.58. The van der Waals surface area contributed by atoms with Crippen LogP contribution in [0.5, 0.6) is 0 Å². The molecule has 3 N–H and O–H groups in total. The molecule has 2 aromatic rings. The van der Waals surface area contributed by atoms with Gasteiger partial charge in [0.2, 0.25) is 0 Å². The molecule has 1 aliphatic heterocycles. The number of aryl methyl sites for hydroxylation is 1. The van der Waals surface area contributed by atoms with Gasteiger partial charge in [-0.15, -0.1) is 0 Å². The van der Waals surface area contributed by atoms with Crippen LogP contribution in [0.1, 0.15) is 76.0 Å². The number of rotatable bonds is 9. The fourth-order valence-electron chi connectivity index (χ4n) is 4.37. The number of hydrogen-bond donors (Lipinski definition) is 2. The number of aliphatic hydroxyl groups is 1. The Bertz CT molecular complexity index is 840. The number of fused-ring (bicyclic) bond motifs is 3. The normalized spacial score (nSPS) is 17.8. The standard InChI is InChI=1S/C22H34N4O2/c1-14(2)10-15(16(23)13-27)6-5-7-19(28)18-12-24-17-11-20-22(3,4)8-9-26(20)21(17)25-18/h11-12,14-16,27H,5-10,13,23H2,1-4H3/t15-,16-/m0/s1. The van der Waals surface area contributed by atoms with E-state index >= 15 is 0 Å². The third kappa shape index (κ3) is 4.28. The van der Waals surface area contributed by atoms with Gasteiger partial charge in [-0.25, -0.2) is 4.98 Å². The smallest absolute Gasteiger partial charge is 0.182 e. The first-order chi connectivity index (χ1) is 13.2. The van der Waals surface area contributed by atoms with Gasteiger partial charge >= 0.3 is 0 Å². The van der Waals surface area contributed by atoms with Crippen molar-refractivity contribution in [1.29, 1.82) is 0 Å². The maximum Gasteiger partial charge on any atom is 0.182 e. The van der Waals surface area contributed by atoms with Crippen molar-refractivity contribution in [3.63, 3.8) is 0 Å². The van der Waals surface area contributed by atoms with E-state index in [1.54, 1.807) is 6.20 Å². The summed E-state index contributed by atoms with van der Waals surface area (Å²) in [4.78, 5) is 21.8. The van der Waals surface area contributed by atoms with E-state index in [0.29, 0.717) is 18.0 Å². The van der Waals surface area contributed by atoms with Crippen LogP contribution in [0.2, 0.25) is 0 Å². The van der Waals surface area contributed by atoms with Gasteiger partial charge in [0.15, 0.2) is 11.4 Å². The Labute approximate surface area is 167 Å². The van der Waals surface area contributed by atoms with Crippen molar-refractivity contribution >= 4 is 16.9 Å². The second kappa shape index (κ2) is 8.29. The number of Topliss-reactive ketones (excluding diaryl/α,β-unsaturated/α-hetero) is 1. The topological polar surface area (TPSA) is 94.0 Å². The molecule has 0 saturated carbocycles. The molecular formula is C22H34N4O2. The van der Waals surface area contributed by atoms with E-state index in [0.717, 1.165) is 43.4 Å². The molecule has 6 heteroatoms. The van der Waals surface area contributed by atoms with Crippen LogP contribution in [0.3, 0.4) is 0 Å². The summed E-state index contributed by atoms with van der Waals surface area (Å²) in [6, 6.07) is 1.89. The lowest BCUT2D eigenvalue weighted by molar-refractivity contribution is 0.0970. The Morgan fingerprint density at radius 3 is 2.82 bits per heavy atom. The predicted molar refractivity (Wildman–Crippen MR) is 111 cm³/mol. The van der Waals surface area contributed by atoms with Gasteiger partial charge in [0, 0.05) is 30.1 Å². The molecule has 3 rings (SSSR count). The number of aromatic nitrogens is 3. The van der Waals surface area contributed by atoms with Crippen LogP contribution < -0.4 is 5.73 Å². The second-order valence-corrected chi connectivity index (χ2v) is 9.33. The number of carbonyl (C=O) groups excluding carboxylic acids is 1. The Morgan fingerprint density at radius 1 is 1.39 bits per heavy atom. The monoisotopic (exact) mass is 386 g/mol. The molecule has 3 heterocycles. The number of nitrogens with zero attached hydrogens (tertiary/aromatic N) is 3. The zero-order valence-electron chi connectivity index (χ0n) is 17.6. The molecule has 0 saturated heterocycles. The Hall–Kier alpha value is -1.79. The Morgan fingerprint density at radius 2 is 2.14 bits per heavy atom. The summed E-state index contributed by atoms with van der Waals surface area (Å²) in [7, 11) is 0. The first-order valence-corrected chi connectivity index (χ1v) is 10.5. The highest BCUT2D eigenvalue weighted by molar-refractivity contribution is 5.95. The largest absolute Gasteiger partial charge is 0.395 e. The SMILES string of the molecule is CC(C)C[C@H](CCCC(=O)c1cnc2cc3n(c2n1)CCC3(C)C)[C@@H](N)CO. The van der Waals surface area contributed by atoms with Gasteiger partial charge in [-0.1, -0.05) is 27.7 Å². The fraction of sp³-hybridized carbons (Fsp3) is 0.682. The van der Waals surface area contributed by atoms with Gasteiger partial charge in [-0.05, 0) is 43.6 Å². The van der Waals surface area contributed by atoms with Gasteiger partial charge in [0.05, 0.1) is 12.8 Å². The summed E-state index contributed by atoms with van der Waals surface area (Å²) in [6.07, 6.45) is 5.69. The van der Waals surface area contributed by atoms with E-state index < -0.39 is 0 Å². The molecule has 0 spiro atoms. The van der Waals surface area contributed by atoms with E-state index in [1.807, 2.05) is 0 Å². The van der Waals surface area contributed by atoms with Crippen molar-refractivity contribution in [2.45, 2.75) is 77.8 Å². The van der Waals surface area contributed by atoms with Crippen molar-refractivity contribution in [2.24, 2.45) is 17.6 Å². The van der Waals surface area contributed by atoms with Gasteiger partial charge in [-0.3, -0.25) is 9.78 Å². The minimum atomic E-state index is -0.222. The van der Waals surface area contributed by atoms with Gasteiger partial charge in [-0.2, -0.15) is 0 Å². The molecule has 0 bridgehead atoms. The van der Waals surface area contributed by atoms with E-state index in [9.17, 15) is 9.90 Å². The quantitative estimate of drug-likeness (QED) is 0.644. The first-order valence-electron chi connectivity index (χ1n) is 10.5. The molecule has 2 aromatic heterocycles. The van der Waals surface area contributed by atoms with Crippen molar-refractivity contribution in [1.82, 2.24) is 14.5 Å². The average Bonchev–Trinajstić information content (AvgIpc) is 3.16. The second-order valence-electron chi connectivity index (χ2n) is 9.33. The molecule has 1 aliphatic rings. The fourth-order valence-corrected chi connectivity index (χ4v) is 4.37. The molecule has 0 radical (unpaired) electrons. The van der Waals surface area contributed by atoms with Gasteiger partial charge in [0.25, 0.3) is 0 Å². The van der Waals surface area contributed by atoms with Crippen molar-refractivity contribution in [2.75, 3.05) is 6.61 Å². The minimum absolute atomic E-state index is 0.0108. The van der Waals surface area contributed by atoms with E-state index in [2.05, 4.69) is 48.3 Å². The lowest BCUT2D eigenvalue weighted by Gasteiger charge is -2.24. The number of ketones is 1. The zero-order chi connectivity index (χ0) is 20.5. The highest BCUT2D eigenvalue weighted by atomic mass is 16.3. The minimum Gasteiger partial charge on any atom is -0.395 e. The van der Waals surface area contributed by atoms with Crippen LogP contribution in [0, 0.1) is 11.8 Å². The first kappa shape index (κ1) is 20.9. The molecular weight excluding hydrogens is 352 g/mol. The zero-order valence-corrected chi connectivity index (χ0v) is 17.6. The van der Waals surface area contributed by atoms with Gasteiger partial charge in [0.1, 0.15) is 11.2 Å². The molecule has 154 valence electrons. The molecule has 0 amide bonds. The van der Waals surface area contributed by atoms with Crippen molar-refractivity contribution < 1.29 is 9.90 Å². The summed E-state index contributed by atoms with van der Waals surface area (Å²) in [6.45, 7) is 9.70. The molecule has 0 unspecified atom stereocenters. The summed E-state index contributed by atoms with van der Waals surface area (Å²) in [5, 5.41) is 9.39. The van der Waals surface area contributed by atoms with Gasteiger partial charge < -0.3 is 15.4 Å². The number of aliphatic hydroxyl groups excluding tert-OH is 1. The number of nitrogens with two attached hydrogens (primary N) is 1. The van der Waals surface area contributed by atoms with Crippen LogP contribution in [0.4, 0.5) is 0 Å². The highest BCUT2D eigenvalue weighted by Crippen LogP contribution is 2.37. The maximum atomic E-state index is 12.7. The highest BCUT2D eigenvalue weighted by Gasteiger charge is 2.32. The molecule has 28 heavy (non-hydrogen) atoms. The molecule has 6 nitrogen and oxygen atoms in total. The Kier molecular flexibility index (Phi) is 6.20. The van der Waals surface area contributed by atoms with Crippen LogP contribution in [-0.4, -0.2) is 38.1 Å². The maximum absolute atomic E-state index is 12.7. The number of hydrogen-bond acceptors (Lipinski definition) is 5. The lowest BCUT2D eigenvalue weighted by atomic mass is 9.86. The van der Waals surface area contributed by atoms with Crippen LogP contribution >= 0.6 is 0 Å². The number of carbonyl (C=O) groups is 1. The van der Waals surface area contributed by atoms with E-state index in [4.69, 9.17) is 5.73 Å². The lowest BCUT2D eigenvalue weighted by Crippen LogP contribution is -2.34. The molecule has 0 aliphatic carbocycles. The van der Waals surface area contributed by atoms with Crippen LogP contribution in [-0.2, 0) is 12.0 Å². The average molecular weight is 387 g/mol. The van der Waals surface area contributed by atoms with Crippen molar-refractivity contribution in [3.05, 3.63) is 23.7 Å². The summed E-state index contributed by atoms with van der Waals surface area (Å²) >= 11 is 0. The van der Waals surface area contributed by atoms with E-state index in [-0.39, 0.29) is 29.8 Å². The van der Waals surface area contributed by atoms with Crippen LogP contribution in [0.25, 0.3) is 11.2 Å². The summed E-state index contributed by atoms with van der Waals surface area (Å²) in [5.74, 6) is 0.790.